The van der Waals surface area contributed by atoms with E-state index in [4.69, 9.17) is 292 Å². The van der Waals surface area contributed by atoms with Gasteiger partial charge in [0.25, 0.3) is 95.5 Å². The minimum atomic E-state index is -2.48. The molecule has 0 aromatic heterocycles. The van der Waals surface area contributed by atoms with Crippen LogP contribution in [0.4, 0.5) is 0 Å². The molecule has 0 aromatic rings. The number of carboxylic acids is 16. The van der Waals surface area contributed by atoms with Crippen molar-refractivity contribution in [1.29, 1.82) is 0 Å². The van der Waals surface area contributed by atoms with E-state index in [-0.39, 0.29) is 12.6 Å². The van der Waals surface area contributed by atoms with Crippen molar-refractivity contribution >= 4 is 156 Å². The number of rotatable bonds is 28. The SMILES string of the molecule is CC(=O)O.CC(=O)O.CC(=O)O.CC(=O)O.CC(=O)O.CC(=O)O.CC(=O)O.CC(=O)O.CC(=O)O.CC(=O)O.CC(=O)O.CC(=O)O.CC(=O)O.CC(=O)O.CC(=O)O.CC(=O)O.CC(=O)OC[C@H]1O[C@@](COC(C)=O)(O[C@H]2O[C@H](COC(C)=O)[C@@H](OC(C)=O)[C@H](OC(C)=O)[C@H]2OC(C)=O)[C@@H](OC(C)=O)[C@@H]1OC(C)=O.O=C[C@H](O)[C@@H](O)[C@@H](O)[C@H](O)CO.O=C[C@H](O)[C@@H](O)[C@H](O)[C@H](O)CO.OC[C@@H](O)[C@@H](O)[C@H](O)[C@@H](O)CO. The largest absolute Gasteiger partial charge is 0.481 e. The fourth-order valence-electron chi connectivity index (χ4n) is 6.66. The first-order valence-electron chi connectivity index (χ1n) is 39.1. The number of aliphatic carboxylic acids is 16. The van der Waals surface area contributed by atoms with Gasteiger partial charge in [0, 0.05) is 166 Å². The highest BCUT2D eigenvalue weighted by atomic mass is 16.8. The van der Waals surface area contributed by atoms with Crippen LogP contribution in [0.2, 0.25) is 0 Å². The molecule has 32 N–H and O–H groups in total. The Morgan fingerprint density at radius 3 is 0.605 bits per heavy atom. The molecule has 0 amide bonds. The molecule has 0 aromatic carbocycles. The minimum Gasteiger partial charge on any atom is -0.481 e. The number of aliphatic hydroxyl groups is 16. The summed E-state index contributed by atoms with van der Waals surface area (Å²) < 4.78 is 60.5. The van der Waals surface area contributed by atoms with Crippen LogP contribution in [-0.4, -0.2) is 494 Å². The molecule has 147 heavy (non-hydrogen) atoms. The summed E-state index contributed by atoms with van der Waals surface area (Å²) in [6, 6.07) is 0. The second-order valence-corrected chi connectivity index (χ2v) is 25.8. The Balaban J connectivity index is -0.0000000855. The van der Waals surface area contributed by atoms with E-state index >= 15 is 0 Å². The van der Waals surface area contributed by atoms with Crippen molar-refractivity contribution in [1.82, 2.24) is 0 Å². The second-order valence-electron chi connectivity index (χ2n) is 25.8. The van der Waals surface area contributed by atoms with Crippen molar-refractivity contribution < 1.29 is 340 Å². The van der Waals surface area contributed by atoms with Gasteiger partial charge in [-0.2, -0.15) is 0 Å². The van der Waals surface area contributed by atoms with Crippen LogP contribution in [-0.2, 0) is 177 Å². The van der Waals surface area contributed by atoms with Gasteiger partial charge in [-0.1, -0.05) is 0 Å². The van der Waals surface area contributed by atoms with Gasteiger partial charge < -0.3 is 225 Å². The molecular formula is C78H140O69. The monoisotopic (exact) mass is 2180 g/mol. The molecule has 0 bridgehead atoms. The number of hydrogen-bond donors (Lipinski definition) is 32. The first-order chi connectivity index (χ1) is 66.2. The van der Waals surface area contributed by atoms with Crippen LogP contribution >= 0.6 is 0 Å². The van der Waals surface area contributed by atoms with Gasteiger partial charge in [-0.3, -0.25) is 115 Å². The van der Waals surface area contributed by atoms with E-state index in [2.05, 4.69) is 0 Å². The average molecular weight is 2180 g/mol. The van der Waals surface area contributed by atoms with E-state index in [9.17, 15) is 47.9 Å². The topological polar surface area (TPSA) is 1190 Å². The molecule has 69 heteroatoms. The van der Waals surface area contributed by atoms with Gasteiger partial charge in [0.05, 0.1) is 26.4 Å². The summed E-state index contributed by atoms with van der Waals surface area (Å²) in [7, 11) is 0. The summed E-state index contributed by atoms with van der Waals surface area (Å²) in [5.74, 6) is -22.9. The molecule has 2 fully saturated rings. The van der Waals surface area contributed by atoms with E-state index in [0.29, 0.717) is 0 Å². The Labute approximate surface area is 834 Å². The van der Waals surface area contributed by atoms with Gasteiger partial charge in [-0.05, 0) is 0 Å². The lowest BCUT2D eigenvalue weighted by atomic mass is 9.97. The molecule has 0 radical (unpaired) electrons. The number of carbonyl (C=O) groups excluding carboxylic acids is 10. The Morgan fingerprint density at radius 2 is 0.422 bits per heavy atom. The maximum atomic E-state index is 12.3. The van der Waals surface area contributed by atoms with Crippen LogP contribution in [0, 0.1) is 0 Å². The maximum absolute atomic E-state index is 12.3. The lowest BCUT2D eigenvalue weighted by Crippen LogP contribution is -2.65. The number of aldehydes is 2. The molecule has 2 rings (SSSR count). The first kappa shape index (κ1) is 175. The molecular weight excluding hydrogens is 2040 g/mol. The quantitative estimate of drug-likeness (QED) is 0.0196. The highest BCUT2D eigenvalue weighted by Gasteiger charge is 2.65. The Morgan fingerprint density at radius 1 is 0.245 bits per heavy atom. The van der Waals surface area contributed by atoms with Crippen molar-refractivity contribution in [3.8, 4) is 0 Å². The smallest absolute Gasteiger partial charge is 0.303 e. The fraction of sp³-hybridized carbons (Fsp3) is 0.667. The number of carboxylic acid groups (broad SMARTS) is 16. The zero-order valence-corrected chi connectivity index (χ0v) is 83.6. The lowest BCUT2D eigenvalue weighted by Gasteiger charge is -2.46. The molecule has 0 spiro atoms. The van der Waals surface area contributed by atoms with Crippen molar-refractivity contribution in [2.75, 3.05) is 46.2 Å². The van der Waals surface area contributed by atoms with Gasteiger partial charge in [-0.25, -0.2) is 0 Å². The second kappa shape index (κ2) is 109. The van der Waals surface area contributed by atoms with Gasteiger partial charge in [0.1, 0.15) is 105 Å². The third-order valence-electron chi connectivity index (χ3n) is 10.6. The predicted molar refractivity (Wildman–Crippen MR) is 471 cm³/mol. The molecule has 2 aliphatic heterocycles. The fourth-order valence-corrected chi connectivity index (χ4v) is 6.66. The molecule has 69 nitrogen and oxygen atoms in total. The summed E-state index contributed by atoms with van der Waals surface area (Å²) in [5.41, 5.74) is 0. The lowest BCUT2D eigenvalue weighted by molar-refractivity contribution is -0.384. The van der Waals surface area contributed by atoms with Crippen LogP contribution in [0.1, 0.15) is 166 Å². The molecule has 0 saturated carbocycles. The first-order valence-corrected chi connectivity index (χ1v) is 39.1. The molecule has 2 heterocycles. The Kier molecular flexibility index (Phi) is 130. The summed E-state index contributed by atoms with van der Waals surface area (Å²) in [4.78, 5) is 260. The third kappa shape index (κ3) is 172. The average Bonchev–Trinajstić information content (AvgIpc) is 1.60. The van der Waals surface area contributed by atoms with Crippen LogP contribution in [0.3, 0.4) is 0 Å². The van der Waals surface area contributed by atoms with Crippen LogP contribution in [0.25, 0.3) is 0 Å². The normalized spacial score (nSPS) is 17.4. The zero-order valence-electron chi connectivity index (χ0n) is 83.6. The van der Waals surface area contributed by atoms with Crippen LogP contribution < -0.4 is 0 Å². The van der Waals surface area contributed by atoms with Crippen LogP contribution in [0.15, 0.2) is 0 Å². The molecule has 0 unspecified atom stereocenters. The van der Waals surface area contributed by atoms with E-state index in [0.717, 1.165) is 166 Å². The highest BCUT2D eigenvalue weighted by Crippen LogP contribution is 2.41. The van der Waals surface area contributed by atoms with Gasteiger partial charge in [0.15, 0.2) is 43.1 Å². The van der Waals surface area contributed by atoms with Gasteiger partial charge >= 0.3 is 47.8 Å². The summed E-state index contributed by atoms with van der Waals surface area (Å²) >= 11 is 0. The molecule has 866 valence electrons. The molecule has 0 aliphatic carbocycles. The summed E-state index contributed by atoms with van der Waals surface area (Å²) in [5, 5.41) is 258. The number of carbonyl (C=O) groups is 26. The summed E-state index contributed by atoms with van der Waals surface area (Å²) in [6.07, 6.45) is -33.3. The predicted octanol–water partition coefficient (Wildman–Crippen LogP) is -9.72. The summed E-state index contributed by atoms with van der Waals surface area (Å²) in [6.45, 7) is 20.5. The van der Waals surface area contributed by atoms with Crippen molar-refractivity contribution in [3.63, 3.8) is 0 Å². The van der Waals surface area contributed by atoms with E-state index in [1.807, 2.05) is 0 Å². The number of hydrogen-bond acceptors (Lipinski definition) is 53. The maximum Gasteiger partial charge on any atom is 0.303 e. The van der Waals surface area contributed by atoms with E-state index < -0.39 is 318 Å². The zero-order chi connectivity index (χ0) is 122. The van der Waals surface area contributed by atoms with Gasteiger partial charge in [0.2, 0.25) is 12.1 Å². The van der Waals surface area contributed by atoms with E-state index in [1.54, 1.807) is 0 Å². The molecule has 2 aliphatic rings. The number of ether oxygens (including phenoxy) is 11. The minimum absolute atomic E-state index is 0.0258. The van der Waals surface area contributed by atoms with Crippen molar-refractivity contribution in [2.24, 2.45) is 0 Å². The molecule has 2 saturated heterocycles. The Bertz CT molecular complexity index is 3240. The van der Waals surface area contributed by atoms with Crippen LogP contribution in [0.5, 0.6) is 0 Å². The molecule has 21 atom stereocenters. The number of aliphatic hydroxyl groups excluding tert-OH is 16. The number of esters is 8. The van der Waals surface area contributed by atoms with E-state index in [1.165, 1.54) is 0 Å². The highest BCUT2D eigenvalue weighted by molar-refractivity contribution is 5.72. The Hall–Kier alpha value is -14.1. The van der Waals surface area contributed by atoms with Crippen molar-refractivity contribution in [3.05, 3.63) is 0 Å². The third-order valence-corrected chi connectivity index (χ3v) is 10.6. The van der Waals surface area contributed by atoms with Crippen molar-refractivity contribution in [2.45, 2.75) is 294 Å². The standard InChI is InChI=1S/C28H38O19.C6H14O6.2C6H12O6.16C2H4O2/c1-12(29)37-9-20-22(40-15(4)32)24(42-17(6)34)25(43-18(7)35)27(45-20)47-28(11-39-14(3)31)26(44-19(8)36)23(41-16(5)33)21(46-28)10-38-13(2)30;3*7-1-3(9)5(11)6(12)4(10)2-8;16*1-2(3)4/h20-27H,9-11H2,1-8H3;3-12H,1-2H2;2*1,3-6,8-12H,2H2;16*1H3,(H,3,4)/t20-,21-,22-,23-,24+,25-,26+,27-,28+;3-,4+,5-,6-;3-,4+,5+,6+;3-,4+,5+,6-;;;;;;;;;;;;;;;;/m1100................/s1. The van der Waals surface area contributed by atoms with Gasteiger partial charge in [-0.15, -0.1) is 0 Å².